The summed E-state index contributed by atoms with van der Waals surface area (Å²) in [6.45, 7) is 0. The van der Waals surface area contributed by atoms with Gasteiger partial charge in [0.25, 0.3) is 0 Å². The van der Waals surface area contributed by atoms with Crippen LogP contribution < -0.4 is 11.1 Å². The molecular weight excluding hydrogens is 204 g/mol. The van der Waals surface area contributed by atoms with Gasteiger partial charge in [0.1, 0.15) is 5.88 Å². The van der Waals surface area contributed by atoms with Gasteiger partial charge in [-0.3, -0.25) is 9.59 Å². The minimum Gasteiger partial charge on any atom is -0.366 e. The van der Waals surface area contributed by atoms with Crippen molar-refractivity contribution >= 4 is 29.1 Å². The molecule has 0 unspecified atom stereocenters. The molecule has 2 amide bonds. The molecule has 0 aromatic heterocycles. The number of benzene rings is 1. The summed E-state index contributed by atoms with van der Waals surface area (Å²) in [6, 6.07) is 6.24. The summed E-state index contributed by atoms with van der Waals surface area (Å²) in [6.07, 6.45) is 0. The number of hydrogen-bond acceptors (Lipinski definition) is 2. The van der Waals surface area contributed by atoms with Crippen LogP contribution in [-0.2, 0) is 4.79 Å². The predicted octanol–water partition coefficient (Wildman–Crippen LogP) is 0.963. The van der Waals surface area contributed by atoms with E-state index in [0.29, 0.717) is 11.3 Å². The van der Waals surface area contributed by atoms with Crippen molar-refractivity contribution in [2.45, 2.75) is 0 Å². The van der Waals surface area contributed by atoms with Gasteiger partial charge in [-0.2, -0.15) is 0 Å². The normalized spacial score (nSPS) is 9.50. The van der Waals surface area contributed by atoms with Gasteiger partial charge < -0.3 is 11.1 Å². The Morgan fingerprint density at radius 1 is 1.29 bits per heavy atom. The number of nitrogens with two attached hydrogens (primary N) is 1. The van der Waals surface area contributed by atoms with Crippen molar-refractivity contribution in [1.82, 2.24) is 0 Å². The molecule has 0 spiro atoms. The molecule has 0 saturated heterocycles. The van der Waals surface area contributed by atoms with Gasteiger partial charge in [0.15, 0.2) is 0 Å². The molecule has 74 valence electrons. The fourth-order valence-electron chi connectivity index (χ4n) is 0.912. The summed E-state index contributed by atoms with van der Waals surface area (Å²) in [7, 11) is 0. The molecule has 0 aliphatic rings. The third-order valence-electron chi connectivity index (χ3n) is 1.57. The van der Waals surface area contributed by atoms with Crippen LogP contribution >= 0.6 is 11.6 Å². The summed E-state index contributed by atoms with van der Waals surface area (Å²) < 4.78 is 0. The van der Waals surface area contributed by atoms with Gasteiger partial charge in [0.2, 0.25) is 11.8 Å². The number of carbonyl (C=O) groups excluding carboxylic acids is 2. The van der Waals surface area contributed by atoms with Crippen molar-refractivity contribution < 1.29 is 9.59 Å². The van der Waals surface area contributed by atoms with E-state index < -0.39 is 5.91 Å². The molecule has 5 heteroatoms. The van der Waals surface area contributed by atoms with Crippen LogP contribution in [0.2, 0.25) is 0 Å². The SMILES string of the molecule is NC(=O)c1ccc(NC(=O)CCl)cc1. The number of amides is 2. The molecule has 4 nitrogen and oxygen atoms in total. The van der Waals surface area contributed by atoms with Gasteiger partial charge in [-0.1, -0.05) is 0 Å². The molecule has 0 aliphatic carbocycles. The Kier molecular flexibility index (Phi) is 3.48. The zero-order chi connectivity index (χ0) is 10.6. The number of primary amides is 1. The number of anilines is 1. The van der Waals surface area contributed by atoms with Crippen LogP contribution in [0.4, 0.5) is 5.69 Å². The van der Waals surface area contributed by atoms with Crippen molar-refractivity contribution in [3.8, 4) is 0 Å². The highest BCUT2D eigenvalue weighted by molar-refractivity contribution is 6.29. The maximum Gasteiger partial charge on any atom is 0.248 e. The quantitative estimate of drug-likeness (QED) is 0.733. The monoisotopic (exact) mass is 212 g/mol. The minimum atomic E-state index is -0.500. The molecule has 3 N–H and O–H groups in total. The van der Waals surface area contributed by atoms with Gasteiger partial charge in [0, 0.05) is 11.3 Å². The molecule has 1 rings (SSSR count). The molecule has 0 fully saturated rings. The smallest absolute Gasteiger partial charge is 0.248 e. The second-order valence-corrected chi connectivity index (χ2v) is 2.89. The lowest BCUT2D eigenvalue weighted by atomic mass is 10.2. The molecule has 0 heterocycles. The summed E-state index contributed by atoms with van der Waals surface area (Å²) in [5, 5.41) is 2.53. The van der Waals surface area contributed by atoms with E-state index >= 15 is 0 Å². The molecule has 0 saturated carbocycles. The Morgan fingerprint density at radius 2 is 1.86 bits per heavy atom. The summed E-state index contributed by atoms with van der Waals surface area (Å²) >= 11 is 5.30. The van der Waals surface area contributed by atoms with E-state index in [9.17, 15) is 9.59 Å². The van der Waals surface area contributed by atoms with E-state index in [4.69, 9.17) is 17.3 Å². The van der Waals surface area contributed by atoms with E-state index in [1.54, 1.807) is 12.1 Å². The van der Waals surface area contributed by atoms with Crippen LogP contribution in [0.15, 0.2) is 24.3 Å². The zero-order valence-electron chi connectivity index (χ0n) is 7.29. The lowest BCUT2D eigenvalue weighted by molar-refractivity contribution is -0.113. The topological polar surface area (TPSA) is 72.2 Å². The first-order valence-electron chi connectivity index (χ1n) is 3.89. The van der Waals surface area contributed by atoms with Crippen LogP contribution in [0.3, 0.4) is 0 Å². The number of hydrogen-bond donors (Lipinski definition) is 2. The maximum absolute atomic E-state index is 10.9. The first kappa shape index (κ1) is 10.5. The molecule has 0 aliphatic heterocycles. The zero-order valence-corrected chi connectivity index (χ0v) is 8.04. The summed E-state index contributed by atoms with van der Waals surface area (Å²) in [5.74, 6) is -0.892. The van der Waals surface area contributed by atoms with Gasteiger partial charge in [-0.25, -0.2) is 0 Å². The fraction of sp³-hybridized carbons (Fsp3) is 0.111. The Balaban J connectivity index is 2.73. The highest BCUT2D eigenvalue weighted by Crippen LogP contribution is 2.08. The van der Waals surface area contributed by atoms with Gasteiger partial charge >= 0.3 is 0 Å². The van der Waals surface area contributed by atoms with E-state index in [-0.39, 0.29) is 11.8 Å². The van der Waals surface area contributed by atoms with Gasteiger partial charge in [-0.05, 0) is 24.3 Å². The molecule has 1 aromatic rings. The third-order valence-corrected chi connectivity index (χ3v) is 1.82. The van der Waals surface area contributed by atoms with E-state index in [0.717, 1.165) is 0 Å². The van der Waals surface area contributed by atoms with Crippen molar-refractivity contribution in [3.63, 3.8) is 0 Å². The van der Waals surface area contributed by atoms with Gasteiger partial charge in [-0.15, -0.1) is 11.6 Å². The van der Waals surface area contributed by atoms with E-state index in [1.165, 1.54) is 12.1 Å². The fourth-order valence-corrected chi connectivity index (χ4v) is 0.979. The Morgan fingerprint density at radius 3 is 2.29 bits per heavy atom. The Hall–Kier alpha value is -1.55. The van der Waals surface area contributed by atoms with Crippen molar-refractivity contribution in [1.29, 1.82) is 0 Å². The highest BCUT2D eigenvalue weighted by Gasteiger charge is 2.01. The highest BCUT2D eigenvalue weighted by atomic mass is 35.5. The van der Waals surface area contributed by atoms with Crippen molar-refractivity contribution in [2.75, 3.05) is 11.2 Å². The average Bonchev–Trinajstić information content (AvgIpc) is 2.18. The van der Waals surface area contributed by atoms with Crippen LogP contribution in [0, 0.1) is 0 Å². The lowest BCUT2D eigenvalue weighted by Gasteiger charge is -2.02. The van der Waals surface area contributed by atoms with Gasteiger partial charge in [0.05, 0.1) is 0 Å². The van der Waals surface area contributed by atoms with Crippen molar-refractivity contribution in [3.05, 3.63) is 29.8 Å². The van der Waals surface area contributed by atoms with E-state index in [2.05, 4.69) is 5.32 Å². The number of halogens is 1. The Labute approximate surface area is 86.0 Å². The number of rotatable bonds is 3. The maximum atomic E-state index is 10.9. The van der Waals surface area contributed by atoms with Crippen LogP contribution in [0.5, 0.6) is 0 Å². The summed E-state index contributed by atoms with van der Waals surface area (Å²) in [5.41, 5.74) is 6.02. The molecule has 14 heavy (non-hydrogen) atoms. The first-order valence-corrected chi connectivity index (χ1v) is 4.42. The third kappa shape index (κ3) is 2.74. The minimum absolute atomic E-state index is 0.0996. The summed E-state index contributed by atoms with van der Waals surface area (Å²) in [4.78, 5) is 21.6. The Bertz CT molecular complexity index is 348. The first-order chi connectivity index (χ1) is 6.63. The number of alkyl halides is 1. The van der Waals surface area contributed by atoms with Crippen LogP contribution in [0.1, 0.15) is 10.4 Å². The second-order valence-electron chi connectivity index (χ2n) is 2.62. The van der Waals surface area contributed by atoms with Crippen molar-refractivity contribution in [2.24, 2.45) is 5.73 Å². The largest absolute Gasteiger partial charge is 0.366 e. The molecule has 0 atom stereocenters. The van der Waals surface area contributed by atoms with Crippen LogP contribution in [0.25, 0.3) is 0 Å². The standard InChI is InChI=1S/C9H9ClN2O2/c10-5-8(13)12-7-3-1-6(2-4-7)9(11)14/h1-4H,5H2,(H2,11,14)(H,12,13). The molecule has 1 aromatic carbocycles. The number of nitrogens with one attached hydrogen (secondary N) is 1. The number of carbonyl (C=O) groups is 2. The average molecular weight is 213 g/mol. The molecule has 0 radical (unpaired) electrons. The lowest BCUT2D eigenvalue weighted by Crippen LogP contribution is -2.13. The van der Waals surface area contributed by atoms with E-state index in [1.807, 2.05) is 0 Å². The van der Waals surface area contributed by atoms with Crippen LogP contribution in [-0.4, -0.2) is 17.7 Å². The molecule has 0 bridgehead atoms. The predicted molar refractivity (Wildman–Crippen MR) is 54.3 cm³/mol. The second kappa shape index (κ2) is 4.62. The molecular formula is C9H9ClN2O2.